The van der Waals surface area contributed by atoms with Gasteiger partial charge in [-0.3, -0.25) is 4.79 Å². The van der Waals surface area contributed by atoms with Crippen LogP contribution in [0.2, 0.25) is 0 Å². The topological polar surface area (TPSA) is 46.3 Å². The van der Waals surface area contributed by atoms with Gasteiger partial charge in [-0.2, -0.15) is 11.8 Å². The van der Waals surface area contributed by atoms with Gasteiger partial charge in [0.1, 0.15) is 0 Å². The highest BCUT2D eigenvalue weighted by molar-refractivity contribution is 7.99. The Balaban J connectivity index is 1.69. The first-order chi connectivity index (χ1) is 8.16. The monoisotopic (exact) mass is 254 g/mol. The molecule has 3 fully saturated rings. The molecule has 0 aromatic carbocycles. The van der Waals surface area contributed by atoms with E-state index in [1.165, 1.54) is 19.3 Å². The van der Waals surface area contributed by atoms with E-state index in [1.807, 2.05) is 11.8 Å². The lowest BCUT2D eigenvalue weighted by atomic mass is 9.84. The molecule has 0 aromatic heterocycles. The van der Waals surface area contributed by atoms with Crippen LogP contribution >= 0.6 is 11.8 Å². The predicted octanol–water partition coefficient (Wildman–Crippen LogP) is 1.32. The molecule has 2 N–H and O–H groups in total. The molecule has 0 radical (unpaired) electrons. The standard InChI is InChI=1S/C13H22N2OS/c1-8-7-15(4-5-17-8)13(16)11-9-2-3-10(6-9)12(11)14/h8-12H,2-7,14H2,1H3. The maximum Gasteiger partial charge on any atom is 0.227 e. The van der Waals surface area contributed by atoms with E-state index in [4.69, 9.17) is 5.73 Å². The van der Waals surface area contributed by atoms with Crippen LogP contribution in [0.3, 0.4) is 0 Å². The van der Waals surface area contributed by atoms with Crippen LogP contribution in [-0.2, 0) is 4.79 Å². The molecule has 1 saturated heterocycles. The number of thioether (sulfide) groups is 1. The number of fused-ring (bicyclic) bond motifs is 2. The van der Waals surface area contributed by atoms with Crippen molar-refractivity contribution in [3.63, 3.8) is 0 Å². The van der Waals surface area contributed by atoms with Crippen LogP contribution in [0.5, 0.6) is 0 Å². The van der Waals surface area contributed by atoms with Crippen LogP contribution in [-0.4, -0.2) is 40.9 Å². The van der Waals surface area contributed by atoms with Crippen molar-refractivity contribution in [1.82, 2.24) is 4.90 Å². The summed E-state index contributed by atoms with van der Waals surface area (Å²) in [6, 6.07) is 0.145. The van der Waals surface area contributed by atoms with E-state index in [2.05, 4.69) is 11.8 Å². The van der Waals surface area contributed by atoms with Crippen LogP contribution in [0, 0.1) is 17.8 Å². The Morgan fingerprint density at radius 3 is 2.76 bits per heavy atom. The van der Waals surface area contributed by atoms with Crippen molar-refractivity contribution in [1.29, 1.82) is 0 Å². The summed E-state index contributed by atoms with van der Waals surface area (Å²) in [4.78, 5) is 14.7. The fourth-order valence-corrected chi connectivity index (χ4v) is 4.95. The van der Waals surface area contributed by atoms with Gasteiger partial charge in [0.2, 0.25) is 5.91 Å². The molecule has 1 amide bonds. The summed E-state index contributed by atoms with van der Waals surface area (Å²) < 4.78 is 0. The molecular weight excluding hydrogens is 232 g/mol. The van der Waals surface area contributed by atoms with Crippen molar-refractivity contribution in [2.45, 2.75) is 37.5 Å². The molecule has 96 valence electrons. The number of nitrogens with zero attached hydrogens (tertiary/aromatic N) is 1. The molecule has 0 aromatic rings. The number of carbonyl (C=O) groups is 1. The zero-order valence-electron chi connectivity index (χ0n) is 10.5. The molecule has 3 aliphatic rings. The smallest absolute Gasteiger partial charge is 0.227 e. The minimum absolute atomic E-state index is 0.143. The summed E-state index contributed by atoms with van der Waals surface area (Å²) >= 11 is 1.97. The molecule has 1 heterocycles. The van der Waals surface area contributed by atoms with Gasteiger partial charge in [0.05, 0.1) is 5.92 Å². The largest absolute Gasteiger partial charge is 0.340 e. The van der Waals surface area contributed by atoms with Gasteiger partial charge in [0, 0.05) is 30.1 Å². The Morgan fingerprint density at radius 2 is 2.12 bits per heavy atom. The van der Waals surface area contributed by atoms with E-state index >= 15 is 0 Å². The second-order valence-corrected chi connectivity index (χ2v) is 7.45. The van der Waals surface area contributed by atoms with Crippen LogP contribution in [0.15, 0.2) is 0 Å². The Labute approximate surface area is 107 Å². The van der Waals surface area contributed by atoms with Crippen molar-refractivity contribution in [2.75, 3.05) is 18.8 Å². The van der Waals surface area contributed by atoms with Gasteiger partial charge in [0.25, 0.3) is 0 Å². The van der Waals surface area contributed by atoms with Gasteiger partial charge in [-0.25, -0.2) is 0 Å². The highest BCUT2D eigenvalue weighted by atomic mass is 32.2. The summed E-state index contributed by atoms with van der Waals surface area (Å²) in [5, 5.41) is 0.586. The number of amides is 1. The molecule has 17 heavy (non-hydrogen) atoms. The normalized spacial score (nSPS) is 45.3. The molecule has 3 nitrogen and oxygen atoms in total. The second-order valence-electron chi connectivity index (χ2n) is 5.90. The van der Waals surface area contributed by atoms with E-state index in [9.17, 15) is 4.79 Å². The SMILES string of the molecule is CC1CN(C(=O)C2C3CCC(C3)C2N)CCS1. The fourth-order valence-electron chi connectivity index (χ4n) is 3.93. The van der Waals surface area contributed by atoms with E-state index in [0.717, 1.165) is 18.8 Å². The maximum atomic E-state index is 12.6. The second kappa shape index (κ2) is 4.47. The Kier molecular flexibility index (Phi) is 3.11. The van der Waals surface area contributed by atoms with Crippen molar-refractivity contribution in [3.05, 3.63) is 0 Å². The number of nitrogens with two attached hydrogens (primary N) is 1. The lowest BCUT2D eigenvalue weighted by molar-refractivity contribution is -0.137. The number of hydrogen-bond donors (Lipinski definition) is 1. The van der Waals surface area contributed by atoms with Gasteiger partial charge in [-0.1, -0.05) is 6.92 Å². The summed E-state index contributed by atoms with van der Waals surface area (Å²) in [6.07, 6.45) is 3.69. The minimum atomic E-state index is 0.143. The lowest BCUT2D eigenvalue weighted by Crippen LogP contribution is -2.50. The minimum Gasteiger partial charge on any atom is -0.340 e. The van der Waals surface area contributed by atoms with Crippen molar-refractivity contribution in [3.8, 4) is 0 Å². The lowest BCUT2D eigenvalue weighted by Gasteiger charge is -2.36. The summed E-state index contributed by atoms with van der Waals surface area (Å²) in [5.41, 5.74) is 6.25. The Morgan fingerprint density at radius 1 is 1.35 bits per heavy atom. The van der Waals surface area contributed by atoms with Crippen LogP contribution < -0.4 is 5.73 Å². The van der Waals surface area contributed by atoms with Crippen molar-refractivity contribution >= 4 is 17.7 Å². The van der Waals surface area contributed by atoms with Crippen molar-refractivity contribution < 1.29 is 4.79 Å². The average molecular weight is 254 g/mol. The summed E-state index contributed by atoms with van der Waals surface area (Å²) in [6.45, 7) is 4.06. The van der Waals surface area contributed by atoms with Gasteiger partial charge in [-0.15, -0.1) is 0 Å². The molecule has 4 heteroatoms. The maximum absolute atomic E-state index is 12.6. The Bertz CT molecular complexity index is 321. The molecule has 2 bridgehead atoms. The number of carbonyl (C=O) groups excluding carboxylic acids is 1. The molecule has 3 rings (SSSR count). The molecule has 5 unspecified atom stereocenters. The molecular formula is C13H22N2OS. The van der Waals surface area contributed by atoms with E-state index in [0.29, 0.717) is 23.0 Å². The van der Waals surface area contributed by atoms with E-state index in [1.54, 1.807) is 0 Å². The third-order valence-electron chi connectivity index (χ3n) is 4.82. The zero-order chi connectivity index (χ0) is 12.0. The Hall–Kier alpha value is -0.220. The third-order valence-corrected chi connectivity index (χ3v) is 5.95. The van der Waals surface area contributed by atoms with E-state index in [-0.39, 0.29) is 12.0 Å². The van der Waals surface area contributed by atoms with Gasteiger partial charge in [-0.05, 0) is 31.1 Å². The molecule has 1 aliphatic heterocycles. The van der Waals surface area contributed by atoms with Crippen LogP contribution in [0.1, 0.15) is 26.2 Å². The third kappa shape index (κ3) is 1.99. The van der Waals surface area contributed by atoms with Crippen LogP contribution in [0.25, 0.3) is 0 Å². The van der Waals surface area contributed by atoms with Crippen molar-refractivity contribution in [2.24, 2.45) is 23.5 Å². The van der Waals surface area contributed by atoms with Gasteiger partial charge in [0.15, 0.2) is 0 Å². The first-order valence-electron chi connectivity index (χ1n) is 6.83. The highest BCUT2D eigenvalue weighted by Gasteiger charge is 2.50. The zero-order valence-corrected chi connectivity index (χ0v) is 11.3. The van der Waals surface area contributed by atoms with E-state index < -0.39 is 0 Å². The van der Waals surface area contributed by atoms with Crippen LogP contribution in [0.4, 0.5) is 0 Å². The summed E-state index contributed by atoms with van der Waals surface area (Å²) in [5.74, 6) is 2.81. The first-order valence-corrected chi connectivity index (χ1v) is 7.87. The summed E-state index contributed by atoms with van der Waals surface area (Å²) in [7, 11) is 0. The average Bonchev–Trinajstić information content (AvgIpc) is 2.88. The molecule has 2 aliphatic carbocycles. The van der Waals surface area contributed by atoms with Gasteiger partial charge < -0.3 is 10.6 Å². The molecule has 2 saturated carbocycles. The van der Waals surface area contributed by atoms with Gasteiger partial charge >= 0.3 is 0 Å². The number of rotatable bonds is 1. The molecule has 5 atom stereocenters. The highest BCUT2D eigenvalue weighted by Crippen LogP contribution is 2.48. The number of hydrogen-bond acceptors (Lipinski definition) is 3. The fraction of sp³-hybridized carbons (Fsp3) is 0.923. The quantitative estimate of drug-likeness (QED) is 0.768. The first kappa shape index (κ1) is 11.8. The predicted molar refractivity (Wildman–Crippen MR) is 70.8 cm³/mol. The molecule has 0 spiro atoms.